The van der Waals surface area contributed by atoms with Crippen LogP contribution in [0.15, 0.2) is 34.7 Å². The van der Waals surface area contributed by atoms with Crippen molar-refractivity contribution in [3.63, 3.8) is 0 Å². The molecule has 1 heterocycles. The number of thioether (sulfide) groups is 1. The highest BCUT2D eigenvalue weighted by atomic mass is 32.2. The molecule has 1 amide bonds. The van der Waals surface area contributed by atoms with Crippen LogP contribution in [0.25, 0.3) is 0 Å². The lowest BCUT2D eigenvalue weighted by Gasteiger charge is -2.21. The molecule has 0 aliphatic rings. The number of ether oxygens (including phenoxy) is 1. The van der Waals surface area contributed by atoms with Crippen LogP contribution in [0.5, 0.6) is 0 Å². The van der Waals surface area contributed by atoms with E-state index in [4.69, 9.17) is 4.74 Å². The minimum atomic E-state index is 0.00796. The molecule has 8 heteroatoms. The minimum Gasteiger partial charge on any atom is -0.383 e. The topological polar surface area (TPSA) is 76.1 Å². The fraction of sp³-hybridized carbons (Fsp3) is 0.500. The van der Waals surface area contributed by atoms with Crippen LogP contribution < -0.4 is 10.6 Å². The van der Waals surface area contributed by atoms with Crippen LogP contribution >= 0.6 is 23.1 Å². The van der Waals surface area contributed by atoms with Gasteiger partial charge in [-0.15, -0.1) is 10.2 Å². The summed E-state index contributed by atoms with van der Waals surface area (Å²) >= 11 is 2.85. The molecule has 142 valence electrons. The van der Waals surface area contributed by atoms with Crippen LogP contribution in [0.2, 0.25) is 0 Å². The first-order valence-corrected chi connectivity index (χ1v) is 10.4. The summed E-state index contributed by atoms with van der Waals surface area (Å²) in [4.78, 5) is 12.4. The maximum absolute atomic E-state index is 12.4. The largest absolute Gasteiger partial charge is 0.383 e. The number of hydrogen-bond acceptors (Lipinski definition) is 7. The Morgan fingerprint density at radius 3 is 2.73 bits per heavy atom. The number of nitrogens with zero attached hydrogens (tertiary/aromatic N) is 2. The fourth-order valence-electron chi connectivity index (χ4n) is 2.40. The molecule has 0 saturated carbocycles. The zero-order valence-corrected chi connectivity index (χ0v) is 17.0. The second-order valence-corrected chi connectivity index (χ2v) is 8.44. The van der Waals surface area contributed by atoms with Crippen molar-refractivity contribution in [3.05, 3.63) is 35.9 Å². The first-order valence-electron chi connectivity index (χ1n) is 8.62. The highest BCUT2D eigenvalue weighted by molar-refractivity contribution is 8.01. The number of amides is 1. The number of nitrogens with one attached hydrogen (secondary N) is 2. The minimum absolute atomic E-state index is 0.00796. The molecule has 0 bridgehead atoms. The molecule has 6 nitrogen and oxygen atoms in total. The van der Waals surface area contributed by atoms with Crippen molar-refractivity contribution in [1.29, 1.82) is 0 Å². The van der Waals surface area contributed by atoms with E-state index in [0.29, 0.717) is 24.8 Å². The van der Waals surface area contributed by atoms with Crippen molar-refractivity contribution in [3.8, 4) is 0 Å². The van der Waals surface area contributed by atoms with E-state index in [0.717, 1.165) is 21.5 Å². The normalized spacial score (nSPS) is 12.2. The first-order chi connectivity index (χ1) is 12.6. The van der Waals surface area contributed by atoms with E-state index in [1.54, 1.807) is 7.11 Å². The summed E-state index contributed by atoms with van der Waals surface area (Å²) in [5.41, 5.74) is 1.14. The van der Waals surface area contributed by atoms with Crippen LogP contribution in [0.1, 0.15) is 31.9 Å². The van der Waals surface area contributed by atoms with Crippen LogP contribution in [0, 0.1) is 5.92 Å². The number of benzene rings is 1. The predicted molar refractivity (Wildman–Crippen MR) is 108 cm³/mol. The third-order valence-electron chi connectivity index (χ3n) is 3.56. The molecule has 0 saturated heterocycles. The van der Waals surface area contributed by atoms with Gasteiger partial charge in [-0.25, -0.2) is 0 Å². The number of hydrogen-bond donors (Lipinski definition) is 2. The maximum atomic E-state index is 12.4. The van der Waals surface area contributed by atoms with Crippen LogP contribution in [-0.4, -0.2) is 42.1 Å². The van der Waals surface area contributed by atoms with Gasteiger partial charge in [0.2, 0.25) is 11.0 Å². The Morgan fingerprint density at radius 1 is 1.27 bits per heavy atom. The quantitative estimate of drug-likeness (QED) is 0.448. The monoisotopic (exact) mass is 394 g/mol. The van der Waals surface area contributed by atoms with Gasteiger partial charge >= 0.3 is 0 Å². The van der Waals surface area contributed by atoms with Gasteiger partial charge in [-0.05, 0) is 17.9 Å². The zero-order valence-electron chi connectivity index (χ0n) is 15.4. The van der Waals surface area contributed by atoms with Crippen molar-refractivity contribution >= 4 is 34.1 Å². The zero-order chi connectivity index (χ0) is 18.8. The van der Waals surface area contributed by atoms with E-state index in [1.807, 2.05) is 18.2 Å². The van der Waals surface area contributed by atoms with Gasteiger partial charge in [0.1, 0.15) is 0 Å². The summed E-state index contributed by atoms with van der Waals surface area (Å²) in [6.07, 6.45) is 0.910. The van der Waals surface area contributed by atoms with Crippen LogP contribution in [0.3, 0.4) is 0 Å². The molecule has 0 aliphatic carbocycles. The highest BCUT2D eigenvalue weighted by Crippen LogP contribution is 2.26. The summed E-state index contributed by atoms with van der Waals surface area (Å²) in [6.45, 7) is 5.62. The standard InChI is InChI=1S/C18H26N4O2S2/c1-13(2)11-15(14-7-5-4-6-8-14)20-16(23)12-25-18-22-21-17(26-18)19-9-10-24-3/h4-8,13,15H,9-12H2,1-3H3,(H,19,21)(H,20,23). The summed E-state index contributed by atoms with van der Waals surface area (Å²) in [5, 5.41) is 15.2. The molecule has 0 spiro atoms. The summed E-state index contributed by atoms with van der Waals surface area (Å²) in [6, 6.07) is 10.1. The van der Waals surface area contributed by atoms with E-state index in [2.05, 4.69) is 46.8 Å². The number of anilines is 1. The van der Waals surface area contributed by atoms with Crippen molar-refractivity contribution < 1.29 is 9.53 Å². The average Bonchev–Trinajstić information content (AvgIpc) is 3.08. The van der Waals surface area contributed by atoms with Crippen molar-refractivity contribution in [2.45, 2.75) is 30.6 Å². The third-order valence-corrected chi connectivity index (χ3v) is 5.57. The smallest absolute Gasteiger partial charge is 0.230 e. The lowest BCUT2D eigenvalue weighted by atomic mass is 9.97. The van der Waals surface area contributed by atoms with E-state index in [9.17, 15) is 4.79 Å². The molecule has 1 unspecified atom stereocenters. The van der Waals surface area contributed by atoms with Crippen molar-refractivity contribution in [1.82, 2.24) is 15.5 Å². The van der Waals surface area contributed by atoms with E-state index in [1.165, 1.54) is 23.1 Å². The molecule has 1 aromatic heterocycles. The number of rotatable bonds is 11. The molecule has 0 aliphatic heterocycles. The molecule has 0 fully saturated rings. The maximum Gasteiger partial charge on any atom is 0.230 e. The number of methoxy groups -OCH3 is 1. The van der Waals surface area contributed by atoms with E-state index < -0.39 is 0 Å². The first kappa shape index (κ1) is 20.7. The Hall–Kier alpha value is -1.64. The lowest BCUT2D eigenvalue weighted by Crippen LogP contribution is -2.30. The number of carbonyl (C=O) groups excluding carboxylic acids is 1. The summed E-state index contributed by atoms with van der Waals surface area (Å²) in [5.74, 6) is 0.833. The van der Waals surface area contributed by atoms with Gasteiger partial charge in [-0.2, -0.15) is 0 Å². The Kier molecular flexibility index (Phi) is 8.87. The second-order valence-electron chi connectivity index (χ2n) is 6.24. The van der Waals surface area contributed by atoms with Crippen molar-refractivity contribution in [2.75, 3.05) is 31.3 Å². The SMILES string of the molecule is COCCNc1nnc(SCC(=O)NC(CC(C)C)c2ccccc2)s1. The van der Waals surface area contributed by atoms with Gasteiger partial charge in [0.05, 0.1) is 18.4 Å². The average molecular weight is 395 g/mol. The van der Waals surface area contributed by atoms with Gasteiger partial charge in [0.15, 0.2) is 4.34 Å². The Bertz CT molecular complexity index is 664. The molecule has 0 radical (unpaired) electrons. The van der Waals surface area contributed by atoms with Crippen LogP contribution in [0.4, 0.5) is 5.13 Å². The lowest BCUT2D eigenvalue weighted by molar-refractivity contribution is -0.119. The number of carbonyl (C=O) groups is 1. The summed E-state index contributed by atoms with van der Waals surface area (Å²) in [7, 11) is 1.66. The van der Waals surface area contributed by atoms with Gasteiger partial charge < -0.3 is 15.4 Å². The highest BCUT2D eigenvalue weighted by Gasteiger charge is 2.16. The van der Waals surface area contributed by atoms with Gasteiger partial charge in [-0.3, -0.25) is 4.79 Å². The summed E-state index contributed by atoms with van der Waals surface area (Å²) < 4.78 is 5.76. The van der Waals surface area contributed by atoms with Crippen LogP contribution in [-0.2, 0) is 9.53 Å². The molecule has 26 heavy (non-hydrogen) atoms. The second kappa shape index (κ2) is 11.2. The Balaban J connectivity index is 1.84. The van der Waals surface area contributed by atoms with E-state index >= 15 is 0 Å². The Morgan fingerprint density at radius 2 is 2.04 bits per heavy atom. The molecule has 2 N–H and O–H groups in total. The molecular formula is C18H26N4O2S2. The van der Waals surface area contributed by atoms with Gasteiger partial charge in [0, 0.05) is 13.7 Å². The fourth-order valence-corrected chi connectivity index (χ4v) is 3.99. The molecular weight excluding hydrogens is 368 g/mol. The van der Waals surface area contributed by atoms with E-state index in [-0.39, 0.29) is 11.9 Å². The predicted octanol–water partition coefficient (Wildman–Crippen LogP) is 3.59. The molecule has 2 rings (SSSR count). The molecule has 1 atom stereocenters. The third kappa shape index (κ3) is 7.31. The van der Waals surface area contributed by atoms with Gasteiger partial charge in [0.25, 0.3) is 0 Å². The Labute approximate surface area is 163 Å². The van der Waals surface area contributed by atoms with Crippen molar-refractivity contribution in [2.24, 2.45) is 5.92 Å². The number of aromatic nitrogens is 2. The van der Waals surface area contributed by atoms with Gasteiger partial charge in [-0.1, -0.05) is 67.3 Å². The molecule has 2 aromatic rings. The molecule has 1 aromatic carbocycles.